The van der Waals surface area contributed by atoms with E-state index in [2.05, 4.69) is 11.9 Å². The summed E-state index contributed by atoms with van der Waals surface area (Å²) in [6.45, 7) is 2.58. The molecule has 0 aromatic carbocycles. The van der Waals surface area contributed by atoms with E-state index in [1.807, 2.05) is 0 Å². The quantitative estimate of drug-likeness (QED) is 0.779. The highest BCUT2D eigenvalue weighted by atomic mass is 35.5. The van der Waals surface area contributed by atoms with Gasteiger partial charge in [-0.25, -0.2) is 12.7 Å². The number of alkyl halides is 1. The molecule has 0 N–H and O–H groups in total. The molecule has 1 atom stereocenters. The zero-order valence-electron chi connectivity index (χ0n) is 11.2. The third-order valence-electron chi connectivity index (χ3n) is 3.52. The number of likely N-dealkylation sites (tertiary alicyclic amines) is 1. The molecule has 0 aliphatic carbocycles. The maximum Gasteiger partial charge on any atom is 0.243 e. The summed E-state index contributed by atoms with van der Waals surface area (Å²) >= 11 is 7.19. The molecule has 7 heteroatoms. The van der Waals surface area contributed by atoms with Crippen LogP contribution in [0.5, 0.6) is 0 Å². The molecule has 0 bridgehead atoms. The lowest BCUT2D eigenvalue weighted by atomic mass is 10.1. The topological polar surface area (TPSA) is 40.6 Å². The van der Waals surface area contributed by atoms with Crippen molar-refractivity contribution in [1.29, 1.82) is 0 Å². The van der Waals surface area contributed by atoms with E-state index < -0.39 is 10.0 Å². The number of nitrogens with zero attached hydrogens (tertiary/aromatic N) is 2. The van der Waals surface area contributed by atoms with Crippen molar-refractivity contribution in [2.75, 3.05) is 33.7 Å². The second-order valence-electron chi connectivity index (χ2n) is 5.04. The molecule has 1 fully saturated rings. The molecule has 1 saturated heterocycles. The lowest BCUT2D eigenvalue weighted by Crippen LogP contribution is -2.33. The summed E-state index contributed by atoms with van der Waals surface area (Å²) in [5.74, 6) is 0.662. The van der Waals surface area contributed by atoms with E-state index in [1.54, 1.807) is 18.5 Å². The summed E-state index contributed by atoms with van der Waals surface area (Å²) in [6.07, 6.45) is 1.06. The third-order valence-corrected chi connectivity index (χ3v) is 6.90. The van der Waals surface area contributed by atoms with Crippen molar-refractivity contribution in [2.24, 2.45) is 5.92 Å². The minimum atomic E-state index is -3.40. The van der Waals surface area contributed by atoms with Gasteiger partial charge in [0.15, 0.2) is 0 Å². The van der Waals surface area contributed by atoms with Gasteiger partial charge in [0.1, 0.15) is 0 Å². The van der Waals surface area contributed by atoms with Gasteiger partial charge in [-0.05, 0) is 37.4 Å². The first-order chi connectivity index (χ1) is 8.95. The molecule has 0 spiro atoms. The molecule has 2 rings (SSSR count). The number of sulfonamides is 1. The molecule has 1 unspecified atom stereocenters. The molecule has 108 valence electrons. The van der Waals surface area contributed by atoms with Crippen LogP contribution in [0, 0.1) is 5.92 Å². The molecule has 0 saturated carbocycles. The van der Waals surface area contributed by atoms with Crippen molar-refractivity contribution >= 4 is 33.0 Å². The smallest absolute Gasteiger partial charge is 0.243 e. The van der Waals surface area contributed by atoms with Crippen LogP contribution >= 0.6 is 22.9 Å². The Morgan fingerprint density at radius 2 is 2.32 bits per heavy atom. The predicted molar refractivity (Wildman–Crippen MR) is 79.3 cm³/mol. The second kappa shape index (κ2) is 6.10. The van der Waals surface area contributed by atoms with Gasteiger partial charge in [0.25, 0.3) is 0 Å². The van der Waals surface area contributed by atoms with Crippen molar-refractivity contribution in [3.63, 3.8) is 0 Å². The first-order valence-corrected chi connectivity index (χ1v) is 9.07. The molecule has 1 aromatic rings. The van der Waals surface area contributed by atoms with Crippen LogP contribution in [0.2, 0.25) is 0 Å². The molecule has 1 aliphatic rings. The third kappa shape index (κ3) is 3.31. The molecule has 0 radical (unpaired) electrons. The van der Waals surface area contributed by atoms with Crippen LogP contribution in [0.1, 0.15) is 11.3 Å². The Morgan fingerprint density at radius 3 is 2.89 bits per heavy atom. The highest BCUT2D eigenvalue weighted by Gasteiger charge is 2.28. The molecule has 1 aromatic heterocycles. The summed E-state index contributed by atoms with van der Waals surface area (Å²) in [7, 11) is 0.322. The Morgan fingerprint density at radius 1 is 1.58 bits per heavy atom. The van der Waals surface area contributed by atoms with Gasteiger partial charge in [-0.2, -0.15) is 0 Å². The fraction of sp³-hybridized carbons (Fsp3) is 0.667. The predicted octanol–water partition coefficient (Wildman–Crippen LogP) is 2.06. The van der Waals surface area contributed by atoms with Gasteiger partial charge >= 0.3 is 0 Å². The molecule has 4 nitrogen and oxygen atoms in total. The average molecular weight is 323 g/mol. The lowest BCUT2D eigenvalue weighted by molar-refractivity contribution is 0.356. The Hall–Kier alpha value is -0.140. The standard InChI is InChI=1S/C12H19ClN2O2S2/c1-14-5-3-10(8-14)9-15(2)19(16,17)12-4-6-18-11(12)7-13/h4,6,10H,3,5,7-9H2,1-2H3. The summed E-state index contributed by atoms with van der Waals surface area (Å²) < 4.78 is 26.5. The SMILES string of the molecule is CN1CCC(CN(C)S(=O)(=O)c2ccsc2CCl)C1. The van der Waals surface area contributed by atoms with E-state index in [0.29, 0.717) is 17.4 Å². The van der Waals surface area contributed by atoms with Crippen molar-refractivity contribution in [3.8, 4) is 0 Å². The number of hydrogen-bond acceptors (Lipinski definition) is 4. The fourth-order valence-electron chi connectivity index (χ4n) is 2.46. The van der Waals surface area contributed by atoms with E-state index in [4.69, 9.17) is 11.6 Å². The minimum absolute atomic E-state index is 0.242. The molecule has 2 heterocycles. The van der Waals surface area contributed by atoms with Crippen molar-refractivity contribution in [1.82, 2.24) is 9.21 Å². The van der Waals surface area contributed by atoms with Crippen molar-refractivity contribution in [2.45, 2.75) is 17.2 Å². The number of rotatable bonds is 5. The molecular formula is C12H19ClN2O2S2. The normalized spacial score (nSPS) is 21.4. The molecule has 19 heavy (non-hydrogen) atoms. The van der Waals surface area contributed by atoms with E-state index in [0.717, 1.165) is 24.4 Å². The first kappa shape index (κ1) is 15.3. The Bertz CT molecular complexity index is 530. The second-order valence-corrected chi connectivity index (χ2v) is 8.33. The largest absolute Gasteiger partial charge is 0.306 e. The van der Waals surface area contributed by atoms with Gasteiger partial charge in [0.2, 0.25) is 10.0 Å². The van der Waals surface area contributed by atoms with Crippen LogP contribution in [-0.2, 0) is 15.9 Å². The average Bonchev–Trinajstić information content (AvgIpc) is 2.97. The van der Waals surface area contributed by atoms with E-state index in [-0.39, 0.29) is 5.88 Å². The summed E-state index contributed by atoms with van der Waals surface area (Å²) in [5, 5.41) is 1.78. The van der Waals surface area contributed by atoms with E-state index in [1.165, 1.54) is 15.6 Å². The van der Waals surface area contributed by atoms with Crippen LogP contribution < -0.4 is 0 Å². The fourth-order valence-corrected chi connectivity index (χ4v) is 5.38. The maximum absolute atomic E-state index is 12.5. The van der Waals surface area contributed by atoms with Gasteiger partial charge < -0.3 is 4.90 Å². The minimum Gasteiger partial charge on any atom is -0.306 e. The van der Waals surface area contributed by atoms with E-state index in [9.17, 15) is 8.42 Å². The first-order valence-electron chi connectivity index (χ1n) is 6.22. The monoisotopic (exact) mass is 322 g/mol. The summed E-state index contributed by atoms with van der Waals surface area (Å²) in [6, 6.07) is 1.65. The van der Waals surface area contributed by atoms with E-state index >= 15 is 0 Å². The zero-order chi connectivity index (χ0) is 14.0. The van der Waals surface area contributed by atoms with Crippen molar-refractivity contribution in [3.05, 3.63) is 16.3 Å². The van der Waals surface area contributed by atoms with Gasteiger partial charge in [-0.15, -0.1) is 22.9 Å². The number of halogens is 1. The van der Waals surface area contributed by atoms with Crippen LogP contribution in [0.4, 0.5) is 0 Å². The molecule has 1 aliphatic heterocycles. The highest BCUT2D eigenvalue weighted by molar-refractivity contribution is 7.89. The van der Waals surface area contributed by atoms with Gasteiger partial charge in [-0.1, -0.05) is 0 Å². The number of hydrogen-bond donors (Lipinski definition) is 0. The lowest BCUT2D eigenvalue weighted by Gasteiger charge is -2.21. The summed E-state index contributed by atoms with van der Waals surface area (Å²) in [5.41, 5.74) is 0. The van der Waals surface area contributed by atoms with Crippen LogP contribution in [-0.4, -0.2) is 51.4 Å². The van der Waals surface area contributed by atoms with Crippen LogP contribution in [0.25, 0.3) is 0 Å². The molecular weight excluding hydrogens is 304 g/mol. The van der Waals surface area contributed by atoms with Crippen molar-refractivity contribution < 1.29 is 8.42 Å². The van der Waals surface area contributed by atoms with Gasteiger partial charge in [0.05, 0.1) is 10.8 Å². The Kier molecular flexibility index (Phi) is 4.89. The zero-order valence-corrected chi connectivity index (χ0v) is 13.6. The van der Waals surface area contributed by atoms with Crippen LogP contribution in [0.3, 0.4) is 0 Å². The van der Waals surface area contributed by atoms with Gasteiger partial charge in [-0.3, -0.25) is 0 Å². The molecule has 0 amide bonds. The Balaban J connectivity index is 2.11. The maximum atomic E-state index is 12.5. The van der Waals surface area contributed by atoms with Crippen LogP contribution in [0.15, 0.2) is 16.3 Å². The highest BCUT2D eigenvalue weighted by Crippen LogP contribution is 2.27. The van der Waals surface area contributed by atoms with Gasteiger partial charge in [0, 0.05) is 25.0 Å². The summed E-state index contributed by atoms with van der Waals surface area (Å²) in [4.78, 5) is 3.32. The Labute approximate surface area is 124 Å². The number of thiophene rings is 1.